The zero-order valence-electron chi connectivity index (χ0n) is 20.2. The first-order chi connectivity index (χ1) is 15.7. The molecule has 1 fully saturated rings. The van der Waals surface area contributed by atoms with Gasteiger partial charge in [0.2, 0.25) is 15.9 Å². The summed E-state index contributed by atoms with van der Waals surface area (Å²) in [6.07, 6.45) is -3.60. The van der Waals surface area contributed by atoms with Crippen molar-refractivity contribution in [3.8, 4) is 0 Å². The zero-order valence-corrected chi connectivity index (χ0v) is 21.0. The number of aryl methyl sites for hydroxylation is 2. The summed E-state index contributed by atoms with van der Waals surface area (Å²) in [6, 6.07) is 6.75. The van der Waals surface area contributed by atoms with Crippen LogP contribution in [0.15, 0.2) is 35.2 Å². The monoisotopic (exact) mass is 496 g/mol. The van der Waals surface area contributed by atoms with Gasteiger partial charge in [-0.3, -0.25) is 4.79 Å². The number of piperidine rings is 1. The lowest BCUT2D eigenvalue weighted by Gasteiger charge is -2.33. The minimum atomic E-state index is -4.40. The zero-order chi connectivity index (χ0) is 25.4. The Hall–Kier alpha value is -2.39. The lowest BCUT2D eigenvalue weighted by atomic mass is 9.96. The molecule has 0 bridgehead atoms. The molecule has 3 rings (SSSR count). The normalized spacial score (nSPS) is 16.0. The van der Waals surface area contributed by atoms with Crippen LogP contribution in [0.25, 0.3) is 0 Å². The highest BCUT2D eigenvalue weighted by molar-refractivity contribution is 7.89. The average molecular weight is 497 g/mol. The molecule has 0 aromatic heterocycles. The van der Waals surface area contributed by atoms with Crippen LogP contribution < -0.4 is 0 Å². The average Bonchev–Trinajstić information content (AvgIpc) is 2.77. The molecule has 5 nitrogen and oxygen atoms in total. The van der Waals surface area contributed by atoms with E-state index >= 15 is 0 Å². The molecule has 0 radical (unpaired) electrons. The fourth-order valence-corrected chi connectivity index (χ4v) is 6.55. The van der Waals surface area contributed by atoms with E-state index in [0.717, 1.165) is 34.4 Å². The molecular weight excluding hydrogens is 465 g/mol. The van der Waals surface area contributed by atoms with E-state index in [-0.39, 0.29) is 31.5 Å². The van der Waals surface area contributed by atoms with Crippen molar-refractivity contribution >= 4 is 15.9 Å². The van der Waals surface area contributed by atoms with Crippen LogP contribution in [0, 0.1) is 33.6 Å². The highest BCUT2D eigenvalue weighted by Gasteiger charge is 2.35. The third-order valence-corrected chi connectivity index (χ3v) is 8.95. The van der Waals surface area contributed by atoms with Gasteiger partial charge in [-0.15, -0.1) is 0 Å². The number of benzene rings is 2. The van der Waals surface area contributed by atoms with Gasteiger partial charge in [0, 0.05) is 32.6 Å². The van der Waals surface area contributed by atoms with Gasteiger partial charge in [0.1, 0.15) is 0 Å². The van der Waals surface area contributed by atoms with Gasteiger partial charge in [-0.25, -0.2) is 8.42 Å². The summed E-state index contributed by atoms with van der Waals surface area (Å²) in [4.78, 5) is 14.8. The standard InChI is InChI=1S/C25H31F3N2O3S/c1-16-14-17(2)19(4)23(18(16)3)34(32,33)30-12-10-21(11-13-30)24(31)29(5)15-20-6-8-22(9-7-20)25(26,27)28/h6-9,14,21H,10-13,15H2,1-5H3. The molecule has 9 heteroatoms. The van der Waals surface area contributed by atoms with Gasteiger partial charge >= 0.3 is 6.18 Å². The maximum absolute atomic E-state index is 13.4. The predicted octanol–water partition coefficient (Wildman–Crippen LogP) is 5.00. The molecule has 1 heterocycles. The van der Waals surface area contributed by atoms with Crippen LogP contribution in [0.2, 0.25) is 0 Å². The molecule has 186 valence electrons. The van der Waals surface area contributed by atoms with Crippen molar-refractivity contribution in [1.82, 2.24) is 9.21 Å². The van der Waals surface area contributed by atoms with E-state index < -0.39 is 21.8 Å². The quantitative estimate of drug-likeness (QED) is 0.586. The fourth-order valence-electron chi connectivity index (χ4n) is 4.50. The van der Waals surface area contributed by atoms with Gasteiger partial charge < -0.3 is 4.90 Å². The number of hydrogen-bond acceptors (Lipinski definition) is 3. The van der Waals surface area contributed by atoms with Crippen molar-refractivity contribution in [2.75, 3.05) is 20.1 Å². The van der Waals surface area contributed by atoms with Crippen molar-refractivity contribution in [2.45, 2.75) is 58.2 Å². The molecule has 0 saturated carbocycles. The number of rotatable bonds is 5. The summed E-state index contributed by atoms with van der Waals surface area (Å²) in [5, 5.41) is 0. The number of nitrogens with zero attached hydrogens (tertiary/aromatic N) is 2. The minimum Gasteiger partial charge on any atom is -0.341 e. The molecule has 1 saturated heterocycles. The largest absolute Gasteiger partial charge is 0.416 e. The van der Waals surface area contributed by atoms with Crippen LogP contribution in [-0.4, -0.2) is 43.7 Å². The second-order valence-electron chi connectivity index (χ2n) is 9.16. The fraction of sp³-hybridized carbons (Fsp3) is 0.480. The third kappa shape index (κ3) is 5.30. The maximum Gasteiger partial charge on any atom is 0.416 e. The second kappa shape index (κ2) is 9.70. The molecule has 1 aliphatic heterocycles. The summed E-state index contributed by atoms with van der Waals surface area (Å²) >= 11 is 0. The summed E-state index contributed by atoms with van der Waals surface area (Å²) in [5.41, 5.74) is 3.22. The highest BCUT2D eigenvalue weighted by Crippen LogP contribution is 2.32. The van der Waals surface area contributed by atoms with Gasteiger partial charge in [-0.1, -0.05) is 18.2 Å². The molecule has 1 aliphatic rings. The highest BCUT2D eigenvalue weighted by atomic mass is 32.2. The van der Waals surface area contributed by atoms with E-state index in [4.69, 9.17) is 0 Å². The summed E-state index contributed by atoms with van der Waals surface area (Å²) in [6.45, 7) is 8.13. The Kier molecular flexibility index (Phi) is 7.48. The second-order valence-corrected chi connectivity index (χ2v) is 11.0. The number of halogens is 3. The van der Waals surface area contributed by atoms with Crippen LogP contribution in [-0.2, 0) is 27.5 Å². The molecule has 1 amide bonds. The maximum atomic E-state index is 13.4. The van der Waals surface area contributed by atoms with Gasteiger partial charge in [-0.2, -0.15) is 17.5 Å². The molecule has 34 heavy (non-hydrogen) atoms. The Morgan fingerprint density at radius 3 is 1.97 bits per heavy atom. The first-order valence-corrected chi connectivity index (χ1v) is 12.7. The van der Waals surface area contributed by atoms with E-state index in [1.165, 1.54) is 21.3 Å². The molecular formula is C25H31F3N2O3S. The number of alkyl halides is 3. The van der Waals surface area contributed by atoms with Crippen molar-refractivity contribution in [3.05, 3.63) is 63.7 Å². The minimum absolute atomic E-state index is 0.129. The number of amides is 1. The van der Waals surface area contributed by atoms with Crippen molar-refractivity contribution in [2.24, 2.45) is 5.92 Å². The smallest absolute Gasteiger partial charge is 0.341 e. The number of sulfonamides is 1. The van der Waals surface area contributed by atoms with E-state index in [0.29, 0.717) is 23.3 Å². The molecule has 2 aromatic carbocycles. The summed E-state index contributed by atoms with van der Waals surface area (Å²) in [7, 11) is -2.07. The van der Waals surface area contributed by atoms with Crippen molar-refractivity contribution < 1.29 is 26.4 Å². The van der Waals surface area contributed by atoms with Crippen molar-refractivity contribution in [3.63, 3.8) is 0 Å². The number of carbonyl (C=O) groups is 1. The van der Waals surface area contributed by atoms with Crippen LogP contribution in [0.5, 0.6) is 0 Å². The lowest BCUT2D eigenvalue weighted by molar-refractivity contribution is -0.138. The Bertz CT molecular complexity index is 1140. The molecule has 0 spiro atoms. The third-order valence-electron chi connectivity index (χ3n) is 6.78. The van der Waals surface area contributed by atoms with Gasteiger partial charge in [-0.05, 0) is 80.5 Å². The SMILES string of the molecule is Cc1cc(C)c(C)c(S(=O)(=O)N2CCC(C(=O)N(C)Cc3ccc(C(F)(F)F)cc3)CC2)c1C. The Morgan fingerprint density at radius 2 is 1.50 bits per heavy atom. The van der Waals surface area contributed by atoms with Crippen LogP contribution >= 0.6 is 0 Å². The molecule has 0 N–H and O–H groups in total. The van der Waals surface area contributed by atoms with Gasteiger partial charge in [0.25, 0.3) is 0 Å². The van der Waals surface area contributed by atoms with E-state index in [1.807, 2.05) is 33.8 Å². The topological polar surface area (TPSA) is 57.7 Å². The molecule has 0 atom stereocenters. The lowest BCUT2D eigenvalue weighted by Crippen LogP contribution is -2.43. The molecule has 0 unspecified atom stereocenters. The summed E-state index contributed by atoms with van der Waals surface area (Å²) in [5.74, 6) is -0.456. The Morgan fingerprint density at radius 1 is 1.00 bits per heavy atom. The van der Waals surface area contributed by atoms with E-state index in [1.54, 1.807) is 7.05 Å². The Balaban J connectivity index is 1.66. The van der Waals surface area contributed by atoms with Crippen LogP contribution in [0.4, 0.5) is 13.2 Å². The molecule has 0 aliphatic carbocycles. The first kappa shape index (κ1) is 26.2. The first-order valence-electron chi connectivity index (χ1n) is 11.2. The summed E-state index contributed by atoms with van der Waals surface area (Å²) < 4.78 is 66.6. The molecule has 2 aromatic rings. The van der Waals surface area contributed by atoms with Crippen LogP contribution in [0.1, 0.15) is 46.2 Å². The number of hydrogen-bond donors (Lipinski definition) is 0. The van der Waals surface area contributed by atoms with E-state index in [2.05, 4.69) is 0 Å². The number of carbonyl (C=O) groups excluding carboxylic acids is 1. The van der Waals surface area contributed by atoms with Crippen molar-refractivity contribution in [1.29, 1.82) is 0 Å². The van der Waals surface area contributed by atoms with Gasteiger partial charge in [0.05, 0.1) is 10.5 Å². The predicted molar refractivity (Wildman–Crippen MR) is 125 cm³/mol. The van der Waals surface area contributed by atoms with Crippen LogP contribution in [0.3, 0.4) is 0 Å². The van der Waals surface area contributed by atoms with E-state index in [9.17, 15) is 26.4 Å². The Labute approximate surface area is 199 Å². The van der Waals surface area contributed by atoms with Gasteiger partial charge in [0.15, 0.2) is 0 Å².